The molecule has 1 fully saturated rings. The van der Waals surface area contributed by atoms with E-state index in [1.165, 1.54) is 12.1 Å². The Morgan fingerprint density at radius 3 is 2.68 bits per heavy atom. The molecule has 22 heavy (non-hydrogen) atoms. The number of likely N-dealkylation sites (tertiary alicyclic amines) is 1. The summed E-state index contributed by atoms with van der Waals surface area (Å²) in [6, 6.07) is 7.28. The Morgan fingerprint density at radius 1 is 1.36 bits per heavy atom. The van der Waals surface area contributed by atoms with E-state index in [0.717, 1.165) is 37.9 Å². The number of likely N-dealkylation sites (N-methyl/N-ethyl adjacent to an activating group) is 1. The summed E-state index contributed by atoms with van der Waals surface area (Å²) in [5.74, 6) is -0.981. The van der Waals surface area contributed by atoms with Crippen LogP contribution in [0.2, 0.25) is 0 Å². The van der Waals surface area contributed by atoms with Crippen molar-refractivity contribution in [1.82, 2.24) is 9.80 Å². The van der Waals surface area contributed by atoms with Gasteiger partial charge in [0.2, 0.25) is 0 Å². The Morgan fingerprint density at radius 2 is 2.05 bits per heavy atom. The van der Waals surface area contributed by atoms with Gasteiger partial charge in [-0.25, -0.2) is 4.39 Å². The molecule has 1 heterocycles. The van der Waals surface area contributed by atoms with Gasteiger partial charge < -0.3 is 5.11 Å². The number of carboxylic acid groups (broad SMARTS) is 1. The summed E-state index contributed by atoms with van der Waals surface area (Å²) in [6.45, 7) is 4.18. The van der Waals surface area contributed by atoms with Gasteiger partial charge in [0.15, 0.2) is 0 Å². The van der Waals surface area contributed by atoms with Crippen LogP contribution in [0.25, 0.3) is 0 Å². The summed E-state index contributed by atoms with van der Waals surface area (Å²) >= 11 is 0. The van der Waals surface area contributed by atoms with E-state index in [-0.39, 0.29) is 18.4 Å². The van der Waals surface area contributed by atoms with E-state index >= 15 is 0 Å². The molecule has 4 nitrogen and oxygen atoms in total. The second-order valence-corrected chi connectivity index (χ2v) is 6.16. The van der Waals surface area contributed by atoms with E-state index in [0.29, 0.717) is 6.04 Å². The molecule has 122 valence electrons. The first kappa shape index (κ1) is 16.9. The molecule has 1 saturated heterocycles. The van der Waals surface area contributed by atoms with E-state index in [9.17, 15) is 9.18 Å². The molecule has 2 atom stereocenters. The number of carbonyl (C=O) groups is 1. The molecule has 0 spiro atoms. The molecule has 1 aliphatic rings. The zero-order valence-corrected chi connectivity index (χ0v) is 13.3. The van der Waals surface area contributed by atoms with Gasteiger partial charge in [0.1, 0.15) is 5.82 Å². The standard InChI is InChI=1S/C17H25FN2O2/c1-13(14-5-7-15(18)8-6-14)20-10-3-4-16(9-11-20)19(2)12-17(21)22/h5-8,13,16H,3-4,9-12H2,1-2H3,(H,21,22). The van der Waals surface area contributed by atoms with Gasteiger partial charge in [0.05, 0.1) is 6.54 Å². The van der Waals surface area contributed by atoms with Crippen molar-refractivity contribution in [3.63, 3.8) is 0 Å². The zero-order valence-electron chi connectivity index (χ0n) is 13.3. The number of hydrogen-bond acceptors (Lipinski definition) is 3. The quantitative estimate of drug-likeness (QED) is 0.908. The van der Waals surface area contributed by atoms with Crippen molar-refractivity contribution in [3.05, 3.63) is 35.6 Å². The Balaban J connectivity index is 1.94. The first-order chi connectivity index (χ1) is 10.5. The first-order valence-electron chi connectivity index (χ1n) is 7.89. The Labute approximate surface area is 131 Å². The van der Waals surface area contributed by atoms with Gasteiger partial charge in [-0.3, -0.25) is 14.6 Å². The van der Waals surface area contributed by atoms with Crippen LogP contribution in [0.5, 0.6) is 0 Å². The number of nitrogens with zero attached hydrogens (tertiary/aromatic N) is 2. The maximum absolute atomic E-state index is 13.0. The smallest absolute Gasteiger partial charge is 0.317 e. The highest BCUT2D eigenvalue weighted by molar-refractivity contribution is 5.69. The van der Waals surface area contributed by atoms with Gasteiger partial charge in [-0.2, -0.15) is 0 Å². The zero-order chi connectivity index (χ0) is 16.1. The number of carboxylic acids is 1. The third-order valence-corrected chi connectivity index (χ3v) is 4.64. The molecule has 0 aromatic heterocycles. The number of rotatable bonds is 5. The Hall–Kier alpha value is -1.46. The second-order valence-electron chi connectivity index (χ2n) is 6.16. The predicted octanol–water partition coefficient (Wildman–Crippen LogP) is 2.76. The molecule has 1 N–H and O–H groups in total. The van der Waals surface area contributed by atoms with Gasteiger partial charge in [-0.05, 0) is 57.5 Å². The fourth-order valence-corrected chi connectivity index (χ4v) is 3.22. The molecule has 0 saturated carbocycles. The van der Waals surface area contributed by atoms with E-state index in [1.807, 2.05) is 24.1 Å². The SMILES string of the molecule is CC(c1ccc(F)cc1)N1CCCC(N(C)CC(=O)O)CC1. The summed E-state index contributed by atoms with van der Waals surface area (Å²) in [5.41, 5.74) is 1.12. The summed E-state index contributed by atoms with van der Waals surface area (Å²) in [4.78, 5) is 15.2. The number of halogens is 1. The second kappa shape index (κ2) is 7.70. The third-order valence-electron chi connectivity index (χ3n) is 4.64. The van der Waals surface area contributed by atoms with Crippen LogP contribution in [0, 0.1) is 5.82 Å². The van der Waals surface area contributed by atoms with Crippen LogP contribution in [-0.4, -0.2) is 53.6 Å². The average molecular weight is 308 g/mol. The van der Waals surface area contributed by atoms with Crippen LogP contribution in [0.15, 0.2) is 24.3 Å². The predicted molar refractivity (Wildman–Crippen MR) is 84.3 cm³/mol. The molecule has 0 radical (unpaired) electrons. The molecule has 1 aromatic carbocycles. The van der Waals surface area contributed by atoms with Crippen LogP contribution in [-0.2, 0) is 4.79 Å². The van der Waals surface area contributed by atoms with Crippen molar-refractivity contribution in [2.75, 3.05) is 26.7 Å². The molecular weight excluding hydrogens is 283 g/mol. The van der Waals surface area contributed by atoms with Crippen LogP contribution < -0.4 is 0 Å². The fourth-order valence-electron chi connectivity index (χ4n) is 3.22. The lowest BCUT2D eigenvalue weighted by Gasteiger charge is -2.29. The van der Waals surface area contributed by atoms with Crippen molar-refractivity contribution in [2.45, 2.75) is 38.3 Å². The van der Waals surface area contributed by atoms with Crippen molar-refractivity contribution < 1.29 is 14.3 Å². The summed E-state index contributed by atoms with van der Waals surface area (Å²) < 4.78 is 13.0. The van der Waals surface area contributed by atoms with Crippen LogP contribution in [0.4, 0.5) is 4.39 Å². The summed E-state index contributed by atoms with van der Waals surface area (Å²) in [5, 5.41) is 8.91. The third kappa shape index (κ3) is 4.52. The number of aliphatic carboxylic acids is 1. The van der Waals surface area contributed by atoms with Crippen LogP contribution >= 0.6 is 0 Å². The van der Waals surface area contributed by atoms with E-state index < -0.39 is 5.97 Å². The molecule has 0 amide bonds. The lowest BCUT2D eigenvalue weighted by Crippen LogP contribution is -2.36. The van der Waals surface area contributed by atoms with Crippen molar-refractivity contribution in [2.24, 2.45) is 0 Å². The molecule has 5 heteroatoms. The largest absolute Gasteiger partial charge is 0.480 e. The highest BCUT2D eigenvalue weighted by Crippen LogP contribution is 2.25. The van der Waals surface area contributed by atoms with Crippen LogP contribution in [0.3, 0.4) is 0 Å². The minimum absolute atomic E-state index is 0.0954. The minimum Gasteiger partial charge on any atom is -0.480 e. The summed E-state index contributed by atoms with van der Waals surface area (Å²) in [7, 11) is 1.89. The number of benzene rings is 1. The summed E-state index contributed by atoms with van der Waals surface area (Å²) in [6.07, 6.45) is 3.05. The first-order valence-corrected chi connectivity index (χ1v) is 7.89. The van der Waals surface area contributed by atoms with Gasteiger partial charge in [0, 0.05) is 18.6 Å². The number of hydrogen-bond donors (Lipinski definition) is 1. The normalized spacial score (nSPS) is 21.5. The lowest BCUT2D eigenvalue weighted by molar-refractivity contribution is -0.138. The van der Waals surface area contributed by atoms with E-state index in [2.05, 4.69) is 11.8 Å². The van der Waals surface area contributed by atoms with Crippen molar-refractivity contribution >= 4 is 5.97 Å². The van der Waals surface area contributed by atoms with E-state index in [1.54, 1.807) is 0 Å². The Bertz CT molecular complexity index is 492. The van der Waals surface area contributed by atoms with Gasteiger partial charge >= 0.3 is 5.97 Å². The molecule has 2 unspecified atom stereocenters. The molecule has 2 rings (SSSR count). The molecule has 1 aromatic rings. The molecule has 0 bridgehead atoms. The molecule has 0 aliphatic carbocycles. The van der Waals surface area contributed by atoms with Gasteiger partial charge in [0.25, 0.3) is 0 Å². The highest BCUT2D eigenvalue weighted by atomic mass is 19.1. The molecular formula is C17H25FN2O2. The van der Waals surface area contributed by atoms with E-state index in [4.69, 9.17) is 5.11 Å². The minimum atomic E-state index is -0.775. The monoisotopic (exact) mass is 308 g/mol. The maximum Gasteiger partial charge on any atom is 0.317 e. The topological polar surface area (TPSA) is 43.8 Å². The maximum atomic E-state index is 13.0. The van der Waals surface area contributed by atoms with Gasteiger partial charge in [-0.15, -0.1) is 0 Å². The highest BCUT2D eigenvalue weighted by Gasteiger charge is 2.24. The van der Waals surface area contributed by atoms with Crippen LogP contribution in [0.1, 0.15) is 37.8 Å². The van der Waals surface area contributed by atoms with Crippen molar-refractivity contribution in [3.8, 4) is 0 Å². The Kier molecular flexibility index (Phi) is 5.91. The van der Waals surface area contributed by atoms with Crippen molar-refractivity contribution in [1.29, 1.82) is 0 Å². The lowest BCUT2D eigenvalue weighted by atomic mass is 10.1. The van der Waals surface area contributed by atoms with Gasteiger partial charge in [-0.1, -0.05) is 12.1 Å². The molecule has 1 aliphatic heterocycles. The fraction of sp³-hybridized carbons (Fsp3) is 0.588. The average Bonchev–Trinajstić information content (AvgIpc) is 2.72.